The van der Waals surface area contributed by atoms with Crippen molar-refractivity contribution in [2.24, 2.45) is 7.05 Å². The van der Waals surface area contributed by atoms with Gasteiger partial charge in [0.15, 0.2) is 0 Å². The lowest BCUT2D eigenvalue weighted by molar-refractivity contribution is 0.0697. The van der Waals surface area contributed by atoms with Crippen molar-refractivity contribution in [2.45, 2.75) is 20.0 Å². The molecule has 1 heterocycles. The molecule has 0 aliphatic carbocycles. The highest BCUT2D eigenvalue weighted by molar-refractivity contribution is 5.87. The van der Waals surface area contributed by atoms with Gasteiger partial charge in [0.1, 0.15) is 0 Å². The smallest absolute Gasteiger partial charge is 0.335 e. The molecule has 0 unspecified atom stereocenters. The number of rotatable bonds is 5. The van der Waals surface area contributed by atoms with Crippen LogP contribution >= 0.6 is 0 Å². The Morgan fingerprint density at radius 2 is 1.82 bits per heavy atom. The number of benzene rings is 1. The maximum absolute atomic E-state index is 11.7. The minimum atomic E-state index is -0.968. The zero-order valence-electron chi connectivity index (χ0n) is 12.5. The summed E-state index contributed by atoms with van der Waals surface area (Å²) in [6.45, 7) is 2.67. The predicted molar refractivity (Wildman–Crippen MR) is 80.4 cm³/mol. The van der Waals surface area contributed by atoms with E-state index in [1.54, 1.807) is 23.0 Å². The first-order valence-corrected chi connectivity index (χ1v) is 6.79. The number of carbonyl (C=O) groups excluding carboxylic acids is 1. The monoisotopic (exact) mass is 302 g/mol. The van der Waals surface area contributed by atoms with E-state index in [0.717, 1.165) is 16.8 Å². The van der Waals surface area contributed by atoms with Crippen molar-refractivity contribution in [3.05, 3.63) is 52.8 Å². The van der Waals surface area contributed by atoms with Crippen LogP contribution in [0, 0.1) is 6.92 Å². The van der Waals surface area contributed by atoms with Crippen LogP contribution in [0.15, 0.2) is 30.5 Å². The average molecular weight is 302 g/mol. The Kier molecular flexibility index (Phi) is 4.77. The molecule has 0 saturated carbocycles. The molecule has 0 bridgehead atoms. The van der Waals surface area contributed by atoms with Crippen LogP contribution in [0.4, 0.5) is 4.79 Å². The van der Waals surface area contributed by atoms with Crippen LogP contribution in [0.1, 0.15) is 27.2 Å². The Bertz CT molecular complexity index is 677. The molecule has 22 heavy (non-hydrogen) atoms. The van der Waals surface area contributed by atoms with E-state index in [1.165, 1.54) is 12.1 Å². The summed E-state index contributed by atoms with van der Waals surface area (Å²) in [7, 11) is 1.85. The molecule has 1 aromatic heterocycles. The second kappa shape index (κ2) is 6.75. The van der Waals surface area contributed by atoms with Crippen molar-refractivity contribution < 1.29 is 14.7 Å². The normalized spacial score (nSPS) is 10.3. The molecule has 1 aromatic carbocycles. The fourth-order valence-corrected chi connectivity index (χ4v) is 1.90. The standard InChI is InChI=1S/C15H18N4O3/c1-10-13(9-18-19(10)2)8-17-15(22)16-7-11-3-5-12(6-4-11)14(20)21/h3-6,9H,7-8H2,1-2H3,(H,20,21)(H2,16,17,22). The highest BCUT2D eigenvalue weighted by atomic mass is 16.4. The second-order valence-corrected chi connectivity index (χ2v) is 4.92. The summed E-state index contributed by atoms with van der Waals surface area (Å²) in [6.07, 6.45) is 1.72. The molecular formula is C15H18N4O3. The van der Waals surface area contributed by atoms with Crippen LogP contribution in [0.2, 0.25) is 0 Å². The van der Waals surface area contributed by atoms with E-state index in [4.69, 9.17) is 5.11 Å². The van der Waals surface area contributed by atoms with Gasteiger partial charge in [0.05, 0.1) is 11.8 Å². The van der Waals surface area contributed by atoms with Crippen LogP contribution in [-0.2, 0) is 20.1 Å². The van der Waals surface area contributed by atoms with Crippen molar-refractivity contribution in [1.29, 1.82) is 0 Å². The van der Waals surface area contributed by atoms with Crippen molar-refractivity contribution in [1.82, 2.24) is 20.4 Å². The van der Waals surface area contributed by atoms with E-state index in [2.05, 4.69) is 15.7 Å². The fourth-order valence-electron chi connectivity index (χ4n) is 1.90. The summed E-state index contributed by atoms with van der Waals surface area (Å²) in [5.41, 5.74) is 3.02. The zero-order valence-corrected chi connectivity index (χ0v) is 12.5. The third-order valence-electron chi connectivity index (χ3n) is 3.43. The quantitative estimate of drug-likeness (QED) is 0.778. The van der Waals surface area contributed by atoms with Gasteiger partial charge in [0.2, 0.25) is 0 Å². The van der Waals surface area contributed by atoms with Gasteiger partial charge in [-0.15, -0.1) is 0 Å². The van der Waals surface area contributed by atoms with E-state index in [0.29, 0.717) is 13.1 Å². The molecule has 2 rings (SSSR count). The Morgan fingerprint density at radius 3 is 2.36 bits per heavy atom. The molecule has 0 radical (unpaired) electrons. The zero-order chi connectivity index (χ0) is 16.1. The number of carboxylic acids is 1. The number of urea groups is 1. The van der Waals surface area contributed by atoms with Gasteiger partial charge in [0, 0.05) is 31.4 Å². The summed E-state index contributed by atoms with van der Waals surface area (Å²) < 4.78 is 1.75. The molecule has 0 atom stereocenters. The van der Waals surface area contributed by atoms with Crippen molar-refractivity contribution in [3.63, 3.8) is 0 Å². The van der Waals surface area contributed by atoms with E-state index >= 15 is 0 Å². The molecule has 2 aromatic rings. The van der Waals surface area contributed by atoms with Crippen LogP contribution in [0.3, 0.4) is 0 Å². The highest BCUT2D eigenvalue weighted by Crippen LogP contribution is 2.05. The number of hydrogen-bond donors (Lipinski definition) is 3. The van der Waals surface area contributed by atoms with Crippen LogP contribution in [-0.4, -0.2) is 26.9 Å². The van der Waals surface area contributed by atoms with Gasteiger partial charge in [-0.05, 0) is 24.6 Å². The predicted octanol–water partition coefficient (Wildman–Crippen LogP) is 1.43. The third kappa shape index (κ3) is 3.85. The van der Waals surface area contributed by atoms with Crippen LogP contribution in [0.25, 0.3) is 0 Å². The fraction of sp³-hybridized carbons (Fsp3) is 0.267. The molecule has 0 aliphatic rings. The summed E-state index contributed by atoms with van der Waals surface area (Å²) in [6, 6.07) is 6.09. The number of aromatic nitrogens is 2. The summed E-state index contributed by atoms with van der Waals surface area (Å²) in [5.74, 6) is -0.968. The maximum atomic E-state index is 11.7. The van der Waals surface area contributed by atoms with Gasteiger partial charge in [-0.1, -0.05) is 12.1 Å². The third-order valence-corrected chi connectivity index (χ3v) is 3.43. The molecule has 0 saturated heterocycles. The lowest BCUT2D eigenvalue weighted by Crippen LogP contribution is -2.34. The van der Waals surface area contributed by atoms with Gasteiger partial charge in [-0.3, -0.25) is 4.68 Å². The highest BCUT2D eigenvalue weighted by Gasteiger charge is 2.06. The van der Waals surface area contributed by atoms with Crippen molar-refractivity contribution in [2.75, 3.05) is 0 Å². The van der Waals surface area contributed by atoms with E-state index in [9.17, 15) is 9.59 Å². The Balaban J connectivity index is 1.80. The van der Waals surface area contributed by atoms with Crippen LogP contribution in [0.5, 0.6) is 0 Å². The summed E-state index contributed by atoms with van der Waals surface area (Å²) >= 11 is 0. The lowest BCUT2D eigenvalue weighted by Gasteiger charge is -2.08. The molecular weight excluding hydrogens is 284 g/mol. The van der Waals surface area contributed by atoms with Gasteiger partial charge >= 0.3 is 12.0 Å². The molecule has 3 N–H and O–H groups in total. The molecule has 2 amide bonds. The first-order valence-electron chi connectivity index (χ1n) is 6.79. The minimum absolute atomic E-state index is 0.222. The number of aromatic carboxylic acids is 1. The van der Waals surface area contributed by atoms with E-state index in [-0.39, 0.29) is 11.6 Å². The summed E-state index contributed by atoms with van der Waals surface area (Å²) in [5, 5.41) is 18.4. The minimum Gasteiger partial charge on any atom is -0.478 e. The number of nitrogens with zero attached hydrogens (tertiary/aromatic N) is 2. The number of carbonyl (C=O) groups is 2. The maximum Gasteiger partial charge on any atom is 0.335 e. The Hall–Kier alpha value is -2.83. The molecule has 7 nitrogen and oxygen atoms in total. The van der Waals surface area contributed by atoms with E-state index in [1.807, 2.05) is 14.0 Å². The molecule has 0 aliphatic heterocycles. The molecule has 0 spiro atoms. The first kappa shape index (κ1) is 15.6. The largest absolute Gasteiger partial charge is 0.478 e. The lowest BCUT2D eigenvalue weighted by atomic mass is 10.1. The van der Waals surface area contributed by atoms with Crippen LogP contribution < -0.4 is 10.6 Å². The second-order valence-electron chi connectivity index (χ2n) is 4.92. The van der Waals surface area contributed by atoms with Gasteiger partial charge in [-0.2, -0.15) is 5.10 Å². The van der Waals surface area contributed by atoms with E-state index < -0.39 is 5.97 Å². The van der Waals surface area contributed by atoms with Gasteiger partial charge in [0.25, 0.3) is 0 Å². The average Bonchev–Trinajstić information content (AvgIpc) is 2.83. The molecule has 116 valence electrons. The van der Waals surface area contributed by atoms with Gasteiger partial charge < -0.3 is 15.7 Å². The molecule has 0 fully saturated rings. The number of aryl methyl sites for hydroxylation is 1. The topological polar surface area (TPSA) is 96.2 Å². The number of carboxylic acid groups (broad SMARTS) is 1. The van der Waals surface area contributed by atoms with Crippen molar-refractivity contribution in [3.8, 4) is 0 Å². The number of hydrogen-bond acceptors (Lipinski definition) is 3. The number of amides is 2. The Morgan fingerprint density at radius 1 is 1.18 bits per heavy atom. The summed E-state index contributed by atoms with van der Waals surface area (Å²) in [4.78, 5) is 22.5. The molecule has 7 heteroatoms. The first-order chi connectivity index (χ1) is 10.5. The van der Waals surface area contributed by atoms with Gasteiger partial charge in [-0.25, -0.2) is 9.59 Å². The number of nitrogens with one attached hydrogen (secondary N) is 2. The van der Waals surface area contributed by atoms with Crippen molar-refractivity contribution >= 4 is 12.0 Å². The Labute approximate surface area is 128 Å². The SMILES string of the molecule is Cc1c(CNC(=O)NCc2ccc(C(=O)O)cc2)cnn1C.